The third kappa shape index (κ3) is 5.88. The Hall–Kier alpha value is -0.776. The lowest BCUT2D eigenvalue weighted by Crippen LogP contribution is -2.59. The molecule has 0 saturated carbocycles. The molecule has 0 unspecified atom stereocenters. The van der Waals surface area contributed by atoms with Gasteiger partial charge in [-0.25, -0.2) is 8.42 Å². The maximum atomic E-state index is 14.0. The van der Waals surface area contributed by atoms with Gasteiger partial charge in [-0.05, 0) is 60.4 Å². The van der Waals surface area contributed by atoms with Gasteiger partial charge in [0.25, 0.3) is 0 Å². The molecule has 5 nitrogen and oxygen atoms in total. The van der Waals surface area contributed by atoms with Crippen LogP contribution in [0, 0.1) is 11.8 Å². The van der Waals surface area contributed by atoms with E-state index in [4.69, 9.17) is 8.85 Å². The molecule has 0 fully saturated rings. The molecule has 1 aliphatic carbocycles. The van der Waals surface area contributed by atoms with E-state index in [1.807, 2.05) is 19.9 Å². The first-order valence-electron chi connectivity index (χ1n) is 12.7. The fraction of sp³-hybridized carbons (Fsp3) is 0.704. The van der Waals surface area contributed by atoms with Crippen LogP contribution in [0.25, 0.3) is 0 Å². The summed E-state index contributed by atoms with van der Waals surface area (Å²) in [7, 11) is -8.85. The van der Waals surface area contributed by atoms with E-state index in [2.05, 4.69) is 67.7 Å². The third-order valence-electron chi connectivity index (χ3n) is 8.51. The highest BCUT2D eigenvalue weighted by Crippen LogP contribution is 2.47. The number of aliphatic hydroxyl groups is 1. The molecular formula is C27H48O5SSi2. The van der Waals surface area contributed by atoms with Crippen molar-refractivity contribution in [1.82, 2.24) is 0 Å². The lowest BCUT2D eigenvalue weighted by molar-refractivity contribution is -0.0434. The molecule has 0 saturated heterocycles. The quantitative estimate of drug-likeness (QED) is 0.318. The molecular weight excluding hydrogens is 493 g/mol. The molecule has 0 spiro atoms. The molecule has 1 aliphatic rings. The third-order valence-corrected chi connectivity index (χ3v) is 19.6. The Morgan fingerprint density at radius 1 is 0.857 bits per heavy atom. The Morgan fingerprint density at radius 3 is 1.77 bits per heavy atom. The first-order valence-corrected chi connectivity index (χ1v) is 20.0. The van der Waals surface area contributed by atoms with E-state index < -0.39 is 37.5 Å². The number of hydrogen-bond acceptors (Lipinski definition) is 5. The molecule has 0 aliphatic heterocycles. The van der Waals surface area contributed by atoms with Crippen molar-refractivity contribution in [3.8, 4) is 0 Å². The second-order valence-corrected chi connectivity index (χ2v) is 24.9. The normalized spacial score (nSPS) is 29.2. The molecule has 0 heterocycles. The van der Waals surface area contributed by atoms with Crippen LogP contribution in [0.2, 0.25) is 36.3 Å². The maximum Gasteiger partial charge on any atom is 0.214 e. The van der Waals surface area contributed by atoms with E-state index in [-0.39, 0.29) is 32.9 Å². The van der Waals surface area contributed by atoms with E-state index in [9.17, 15) is 13.5 Å². The van der Waals surface area contributed by atoms with Gasteiger partial charge in [0.1, 0.15) is 0 Å². The lowest BCUT2D eigenvalue weighted by Gasteiger charge is -2.48. The first-order chi connectivity index (χ1) is 15.6. The van der Waals surface area contributed by atoms with Gasteiger partial charge < -0.3 is 14.0 Å². The summed E-state index contributed by atoms with van der Waals surface area (Å²) in [6, 6.07) is 8.19. The van der Waals surface area contributed by atoms with Gasteiger partial charge in [-0.15, -0.1) is 0 Å². The van der Waals surface area contributed by atoms with E-state index in [1.54, 1.807) is 18.2 Å². The van der Waals surface area contributed by atoms with E-state index >= 15 is 0 Å². The zero-order chi connectivity index (χ0) is 27.3. The van der Waals surface area contributed by atoms with Crippen LogP contribution in [-0.4, -0.2) is 47.3 Å². The molecule has 5 atom stereocenters. The number of hydrogen-bond donors (Lipinski definition) is 1. The van der Waals surface area contributed by atoms with Crippen LogP contribution in [0.1, 0.15) is 55.4 Å². The summed E-state index contributed by atoms with van der Waals surface area (Å²) in [5.74, 6) is -0.462. The van der Waals surface area contributed by atoms with Crippen molar-refractivity contribution >= 4 is 26.5 Å². The van der Waals surface area contributed by atoms with Crippen LogP contribution < -0.4 is 0 Å². The van der Waals surface area contributed by atoms with Gasteiger partial charge in [0.05, 0.1) is 17.1 Å². The Balaban J connectivity index is 2.72. The lowest BCUT2D eigenvalue weighted by atomic mass is 9.90. The Kier molecular flexibility index (Phi) is 8.56. The van der Waals surface area contributed by atoms with Gasteiger partial charge in [0.15, 0.2) is 16.6 Å². The monoisotopic (exact) mass is 540 g/mol. The molecule has 200 valence electrons. The molecule has 35 heavy (non-hydrogen) atoms. The van der Waals surface area contributed by atoms with E-state index in [0.29, 0.717) is 0 Å². The van der Waals surface area contributed by atoms with Crippen molar-refractivity contribution in [3.63, 3.8) is 0 Å². The highest BCUT2D eigenvalue weighted by molar-refractivity contribution is 7.92. The van der Waals surface area contributed by atoms with Crippen LogP contribution in [0.4, 0.5) is 0 Å². The SMILES string of the molecule is C[C@@H]1[C@H](O[Si](C)(C)C(C)(C)C)[C@@H](C)C=C[C@](O)(S(=O)(=O)c2ccccc2)[C@H]1O[Si](C)(C)C(C)(C)C. The Morgan fingerprint density at radius 2 is 1.31 bits per heavy atom. The topological polar surface area (TPSA) is 72.8 Å². The van der Waals surface area contributed by atoms with Gasteiger partial charge in [0, 0.05) is 5.92 Å². The first kappa shape index (κ1) is 30.4. The smallest absolute Gasteiger partial charge is 0.214 e. The molecule has 0 radical (unpaired) electrons. The molecule has 1 aromatic carbocycles. The van der Waals surface area contributed by atoms with Crippen molar-refractivity contribution in [2.24, 2.45) is 11.8 Å². The van der Waals surface area contributed by atoms with Gasteiger partial charge in [-0.3, -0.25) is 0 Å². The van der Waals surface area contributed by atoms with Crippen molar-refractivity contribution in [3.05, 3.63) is 42.5 Å². The zero-order valence-electron chi connectivity index (χ0n) is 23.8. The van der Waals surface area contributed by atoms with Crippen LogP contribution in [-0.2, 0) is 18.7 Å². The molecule has 0 bridgehead atoms. The second-order valence-electron chi connectivity index (χ2n) is 13.3. The standard InChI is InChI=1S/C27H48O5SSi2/c1-20-18-19-27(28,33(29,30)22-16-14-13-15-17-22)24(32-35(11,12)26(6,7)8)21(2)23(20)31-34(9,10)25(3,4)5/h13-21,23-24,28H,1-12H3/t20-,21+,23+,24-,27-/m0/s1. The zero-order valence-corrected chi connectivity index (χ0v) is 26.7. The van der Waals surface area contributed by atoms with Crippen LogP contribution in [0.3, 0.4) is 0 Å². The minimum atomic E-state index is -4.18. The predicted molar refractivity (Wildman–Crippen MR) is 150 cm³/mol. The Labute approximate surface area is 216 Å². The summed E-state index contributed by atoms with van der Waals surface area (Å²) >= 11 is 0. The van der Waals surface area contributed by atoms with Crippen molar-refractivity contribution in [1.29, 1.82) is 0 Å². The largest absolute Gasteiger partial charge is 0.413 e. The summed E-state index contributed by atoms with van der Waals surface area (Å²) in [6.45, 7) is 25.6. The van der Waals surface area contributed by atoms with Gasteiger partial charge in [-0.1, -0.05) is 79.7 Å². The van der Waals surface area contributed by atoms with Crippen LogP contribution in [0.5, 0.6) is 0 Å². The van der Waals surface area contributed by atoms with E-state index in [0.717, 1.165) is 0 Å². The van der Waals surface area contributed by atoms with Crippen molar-refractivity contribution in [2.45, 2.75) is 114 Å². The average Bonchev–Trinajstić information content (AvgIpc) is 2.79. The van der Waals surface area contributed by atoms with Crippen LogP contribution in [0.15, 0.2) is 47.4 Å². The van der Waals surface area contributed by atoms with Gasteiger partial charge >= 0.3 is 0 Å². The number of benzene rings is 1. The fourth-order valence-corrected chi connectivity index (χ4v) is 8.62. The predicted octanol–water partition coefficient (Wildman–Crippen LogP) is 6.77. The minimum absolute atomic E-state index is 0.00926. The second kappa shape index (κ2) is 9.84. The summed E-state index contributed by atoms with van der Waals surface area (Å²) in [5.41, 5.74) is 0. The average molecular weight is 541 g/mol. The minimum Gasteiger partial charge on any atom is -0.413 e. The number of sulfone groups is 1. The van der Waals surface area contributed by atoms with Crippen molar-refractivity contribution < 1.29 is 22.4 Å². The molecule has 2 rings (SSSR count). The summed E-state index contributed by atoms with van der Waals surface area (Å²) < 4.78 is 41.8. The maximum absolute atomic E-state index is 14.0. The summed E-state index contributed by atoms with van der Waals surface area (Å²) in [4.78, 5) is -2.14. The number of rotatable bonds is 6. The van der Waals surface area contributed by atoms with Crippen LogP contribution >= 0.6 is 0 Å². The summed E-state index contributed by atoms with van der Waals surface area (Å²) in [5, 5.41) is 12.0. The Bertz CT molecular complexity index is 1010. The van der Waals surface area contributed by atoms with E-state index in [1.165, 1.54) is 18.2 Å². The molecule has 0 amide bonds. The highest BCUT2D eigenvalue weighted by Gasteiger charge is 2.57. The molecule has 8 heteroatoms. The molecule has 0 aromatic heterocycles. The van der Waals surface area contributed by atoms with Gasteiger partial charge in [0.2, 0.25) is 14.8 Å². The molecule has 1 N–H and O–H groups in total. The fourth-order valence-electron chi connectivity index (χ4n) is 3.97. The summed E-state index contributed by atoms with van der Waals surface area (Å²) in [6.07, 6.45) is 2.00. The van der Waals surface area contributed by atoms with Gasteiger partial charge in [-0.2, -0.15) is 0 Å². The highest BCUT2D eigenvalue weighted by atomic mass is 32.2. The molecule has 1 aromatic rings. The van der Waals surface area contributed by atoms with Crippen molar-refractivity contribution in [2.75, 3.05) is 0 Å².